The van der Waals surface area contributed by atoms with Crippen LogP contribution in [0.25, 0.3) is 5.76 Å². The standard InChI is InChI=1S/C27H34N2O5/c1-7-34-20-10-8-9-18(15-20)24-23(26(31)27(32)29(24)14-13-28(4)5)25(30)19-11-12-22(33-6)21(16-19)17(2)3/h8-12,15-17,24,30H,7,13-14H2,1-6H3/b25-23+. The smallest absolute Gasteiger partial charge is 0.295 e. The molecular weight excluding hydrogens is 432 g/mol. The molecule has 7 nitrogen and oxygen atoms in total. The maximum Gasteiger partial charge on any atom is 0.295 e. The summed E-state index contributed by atoms with van der Waals surface area (Å²) in [5, 5.41) is 11.4. The molecule has 1 unspecified atom stereocenters. The Morgan fingerprint density at radius 2 is 1.88 bits per heavy atom. The number of hydrogen-bond acceptors (Lipinski definition) is 6. The van der Waals surface area contributed by atoms with Crippen molar-refractivity contribution in [3.8, 4) is 11.5 Å². The van der Waals surface area contributed by atoms with Gasteiger partial charge in [-0.05, 0) is 68.4 Å². The van der Waals surface area contributed by atoms with Gasteiger partial charge in [0.15, 0.2) is 0 Å². The Hall–Kier alpha value is -3.32. The Kier molecular flexibility index (Phi) is 7.99. The van der Waals surface area contributed by atoms with Gasteiger partial charge in [0.25, 0.3) is 11.7 Å². The van der Waals surface area contributed by atoms with E-state index in [9.17, 15) is 14.7 Å². The summed E-state index contributed by atoms with van der Waals surface area (Å²) in [5.74, 6) is -0.00702. The van der Waals surface area contributed by atoms with Crippen LogP contribution >= 0.6 is 0 Å². The fourth-order valence-electron chi connectivity index (χ4n) is 4.19. The Morgan fingerprint density at radius 3 is 2.50 bits per heavy atom. The number of aliphatic hydroxyl groups excluding tert-OH is 1. The molecule has 0 radical (unpaired) electrons. The summed E-state index contributed by atoms with van der Waals surface area (Å²) >= 11 is 0. The fourth-order valence-corrected chi connectivity index (χ4v) is 4.19. The number of likely N-dealkylation sites (N-methyl/N-ethyl adjacent to an activating group) is 1. The summed E-state index contributed by atoms with van der Waals surface area (Å²) in [6.07, 6.45) is 0. The zero-order valence-electron chi connectivity index (χ0n) is 20.8. The molecule has 3 rings (SSSR count). The lowest BCUT2D eigenvalue weighted by Gasteiger charge is -2.27. The first-order valence-electron chi connectivity index (χ1n) is 11.5. The molecule has 0 aliphatic carbocycles. The largest absolute Gasteiger partial charge is 0.507 e. The van der Waals surface area contributed by atoms with Crippen molar-refractivity contribution < 1.29 is 24.2 Å². The van der Waals surface area contributed by atoms with Crippen molar-refractivity contribution in [2.75, 3.05) is 40.9 Å². The molecule has 0 bridgehead atoms. The van der Waals surface area contributed by atoms with E-state index < -0.39 is 17.7 Å². The third kappa shape index (κ3) is 5.09. The van der Waals surface area contributed by atoms with E-state index >= 15 is 0 Å². The van der Waals surface area contributed by atoms with Gasteiger partial charge in [0.05, 0.1) is 25.3 Å². The quantitative estimate of drug-likeness (QED) is 0.339. The monoisotopic (exact) mass is 466 g/mol. The highest BCUT2D eigenvalue weighted by atomic mass is 16.5. The first-order chi connectivity index (χ1) is 16.2. The van der Waals surface area contributed by atoms with Crippen LogP contribution in [0.2, 0.25) is 0 Å². The molecule has 1 amide bonds. The third-order valence-electron chi connectivity index (χ3n) is 5.94. The number of carbonyl (C=O) groups is 2. The molecule has 1 fully saturated rings. The molecule has 34 heavy (non-hydrogen) atoms. The lowest BCUT2D eigenvalue weighted by molar-refractivity contribution is -0.140. The number of ketones is 1. The van der Waals surface area contributed by atoms with Gasteiger partial charge in [-0.2, -0.15) is 0 Å². The van der Waals surface area contributed by atoms with Gasteiger partial charge in [0, 0.05) is 18.7 Å². The minimum atomic E-state index is -0.718. The first kappa shape index (κ1) is 25.3. The number of amides is 1. The summed E-state index contributed by atoms with van der Waals surface area (Å²) in [6, 6.07) is 11.9. The fraction of sp³-hybridized carbons (Fsp3) is 0.407. The summed E-state index contributed by atoms with van der Waals surface area (Å²) in [7, 11) is 5.42. The Labute approximate surface area is 201 Å². The van der Waals surface area contributed by atoms with Crippen LogP contribution in [0.15, 0.2) is 48.0 Å². The van der Waals surface area contributed by atoms with Crippen LogP contribution in [-0.4, -0.2) is 67.5 Å². The third-order valence-corrected chi connectivity index (χ3v) is 5.94. The predicted molar refractivity (Wildman–Crippen MR) is 132 cm³/mol. The van der Waals surface area contributed by atoms with E-state index in [2.05, 4.69) is 0 Å². The zero-order chi connectivity index (χ0) is 25.0. The lowest BCUT2D eigenvalue weighted by atomic mass is 9.93. The second-order valence-electron chi connectivity index (χ2n) is 8.91. The van der Waals surface area contributed by atoms with Crippen molar-refractivity contribution in [1.82, 2.24) is 9.80 Å². The van der Waals surface area contributed by atoms with E-state index in [0.29, 0.717) is 42.3 Å². The number of benzene rings is 2. The van der Waals surface area contributed by atoms with Gasteiger partial charge in [0.2, 0.25) is 0 Å². The minimum absolute atomic E-state index is 0.0808. The summed E-state index contributed by atoms with van der Waals surface area (Å²) in [6.45, 7) is 7.37. The van der Waals surface area contributed by atoms with Crippen LogP contribution in [-0.2, 0) is 9.59 Å². The highest BCUT2D eigenvalue weighted by Gasteiger charge is 2.46. The molecule has 1 heterocycles. The van der Waals surface area contributed by atoms with Gasteiger partial charge in [-0.3, -0.25) is 9.59 Å². The van der Waals surface area contributed by atoms with Gasteiger partial charge in [-0.15, -0.1) is 0 Å². The predicted octanol–water partition coefficient (Wildman–Crippen LogP) is 4.20. The molecule has 7 heteroatoms. The van der Waals surface area contributed by atoms with Crippen molar-refractivity contribution in [1.29, 1.82) is 0 Å². The van der Waals surface area contributed by atoms with E-state index in [4.69, 9.17) is 9.47 Å². The summed E-state index contributed by atoms with van der Waals surface area (Å²) < 4.78 is 11.1. The van der Waals surface area contributed by atoms with E-state index in [-0.39, 0.29) is 17.3 Å². The van der Waals surface area contributed by atoms with Gasteiger partial charge >= 0.3 is 0 Å². The van der Waals surface area contributed by atoms with Crippen molar-refractivity contribution in [2.24, 2.45) is 0 Å². The van der Waals surface area contributed by atoms with Crippen LogP contribution in [0.5, 0.6) is 11.5 Å². The Bertz CT molecular complexity index is 1090. The van der Waals surface area contributed by atoms with Crippen LogP contribution in [0.3, 0.4) is 0 Å². The van der Waals surface area contributed by atoms with Crippen molar-refractivity contribution in [3.05, 3.63) is 64.7 Å². The number of hydrogen-bond donors (Lipinski definition) is 1. The molecule has 1 saturated heterocycles. The number of aliphatic hydroxyl groups is 1. The van der Waals surface area contributed by atoms with Crippen LogP contribution in [0.1, 0.15) is 49.4 Å². The average Bonchev–Trinajstić information content (AvgIpc) is 3.07. The molecule has 0 spiro atoms. The molecule has 1 N–H and O–H groups in total. The SMILES string of the molecule is CCOc1cccc(C2/C(=C(\O)c3ccc(OC)c(C(C)C)c3)C(=O)C(=O)N2CCN(C)C)c1. The van der Waals surface area contributed by atoms with Gasteiger partial charge in [0.1, 0.15) is 17.3 Å². The number of methoxy groups -OCH3 is 1. The van der Waals surface area contributed by atoms with E-state index in [1.807, 2.05) is 70.1 Å². The average molecular weight is 467 g/mol. The number of likely N-dealkylation sites (tertiary alicyclic amines) is 1. The second-order valence-corrected chi connectivity index (χ2v) is 8.91. The van der Waals surface area contributed by atoms with Crippen molar-refractivity contribution >= 4 is 17.4 Å². The molecular formula is C27H34N2O5. The van der Waals surface area contributed by atoms with Crippen molar-refractivity contribution in [3.63, 3.8) is 0 Å². The van der Waals surface area contributed by atoms with E-state index in [0.717, 1.165) is 5.56 Å². The van der Waals surface area contributed by atoms with Gasteiger partial charge in [-0.1, -0.05) is 26.0 Å². The molecule has 1 aliphatic rings. The number of Topliss-reactive ketones (excluding diaryl/α,β-unsaturated/α-hetero) is 1. The van der Waals surface area contributed by atoms with E-state index in [1.54, 1.807) is 19.2 Å². The lowest BCUT2D eigenvalue weighted by Crippen LogP contribution is -2.35. The van der Waals surface area contributed by atoms with Crippen LogP contribution in [0, 0.1) is 0 Å². The molecule has 1 aliphatic heterocycles. The second kappa shape index (κ2) is 10.7. The molecule has 2 aromatic carbocycles. The molecule has 182 valence electrons. The number of rotatable bonds is 9. The summed E-state index contributed by atoms with van der Waals surface area (Å²) in [5.41, 5.74) is 2.17. The van der Waals surface area contributed by atoms with Gasteiger partial charge in [-0.25, -0.2) is 0 Å². The highest BCUT2D eigenvalue weighted by Crippen LogP contribution is 2.41. The molecule has 2 aromatic rings. The Balaban J connectivity index is 2.19. The molecule has 0 saturated carbocycles. The maximum atomic E-state index is 13.2. The molecule has 0 aromatic heterocycles. The van der Waals surface area contributed by atoms with E-state index in [1.165, 1.54) is 4.90 Å². The summed E-state index contributed by atoms with van der Waals surface area (Å²) in [4.78, 5) is 29.8. The normalized spacial score (nSPS) is 17.6. The zero-order valence-corrected chi connectivity index (χ0v) is 20.8. The molecule has 1 atom stereocenters. The number of ether oxygens (including phenoxy) is 2. The van der Waals surface area contributed by atoms with Crippen molar-refractivity contribution in [2.45, 2.75) is 32.7 Å². The number of carbonyl (C=O) groups excluding carboxylic acids is 2. The number of nitrogens with zero attached hydrogens (tertiary/aromatic N) is 2. The highest BCUT2D eigenvalue weighted by molar-refractivity contribution is 6.46. The van der Waals surface area contributed by atoms with Crippen LogP contribution in [0.4, 0.5) is 0 Å². The first-order valence-corrected chi connectivity index (χ1v) is 11.5. The maximum absolute atomic E-state index is 13.2. The van der Waals surface area contributed by atoms with Gasteiger partial charge < -0.3 is 24.4 Å². The minimum Gasteiger partial charge on any atom is -0.507 e. The topological polar surface area (TPSA) is 79.3 Å². The Morgan fingerprint density at radius 1 is 1.15 bits per heavy atom. The van der Waals surface area contributed by atoms with Crippen LogP contribution < -0.4 is 9.47 Å².